The van der Waals surface area contributed by atoms with Crippen molar-refractivity contribution in [3.05, 3.63) is 64.9 Å². The smallest absolute Gasteiger partial charge is 0.181 e. The number of nitrogens with one attached hydrogen (secondary N) is 1. The van der Waals surface area contributed by atoms with Gasteiger partial charge < -0.3 is 4.74 Å². The summed E-state index contributed by atoms with van der Waals surface area (Å²) in [7, 11) is 0. The fraction of sp³-hybridized carbons (Fsp3) is 0.125. The monoisotopic (exact) mass is 335 g/mol. The van der Waals surface area contributed by atoms with E-state index in [-0.39, 0.29) is 12.4 Å². The van der Waals surface area contributed by atoms with E-state index in [4.69, 9.17) is 16.3 Å². The van der Waals surface area contributed by atoms with Crippen molar-refractivity contribution in [2.24, 2.45) is 0 Å². The fourth-order valence-electron chi connectivity index (χ4n) is 1.87. The van der Waals surface area contributed by atoms with Crippen molar-refractivity contribution < 1.29 is 4.74 Å². The number of benzene rings is 2. The zero-order valence-corrected chi connectivity index (χ0v) is 13.5. The van der Waals surface area contributed by atoms with Crippen LogP contribution >= 0.6 is 24.0 Å². The maximum atomic E-state index is 5.86. The molecule has 0 atom stereocenters. The normalized spacial score (nSPS) is 10.1. The Balaban J connectivity index is 0.00000176. The van der Waals surface area contributed by atoms with Crippen molar-refractivity contribution in [3.8, 4) is 17.1 Å². The minimum Gasteiger partial charge on any atom is -0.486 e. The molecule has 0 radical (unpaired) electrons. The molecule has 0 bridgehead atoms. The Hall–Kier alpha value is -2.04. The molecule has 3 aromatic rings. The van der Waals surface area contributed by atoms with Gasteiger partial charge in [-0.1, -0.05) is 29.3 Å². The number of aromatic nitrogens is 3. The summed E-state index contributed by atoms with van der Waals surface area (Å²) in [4.78, 5) is 4.41. The third-order valence-corrected chi connectivity index (χ3v) is 3.28. The van der Waals surface area contributed by atoms with Crippen molar-refractivity contribution in [1.29, 1.82) is 0 Å². The predicted octanol–water partition coefficient (Wildman–Crippen LogP) is 4.43. The number of rotatable bonds is 4. The van der Waals surface area contributed by atoms with E-state index >= 15 is 0 Å². The Kier molecular flexibility index (Phi) is 5.41. The number of hydrogen-bond donors (Lipinski definition) is 1. The summed E-state index contributed by atoms with van der Waals surface area (Å²) >= 11 is 5.86. The van der Waals surface area contributed by atoms with Gasteiger partial charge in [0.1, 0.15) is 12.4 Å². The molecule has 6 heteroatoms. The maximum Gasteiger partial charge on any atom is 0.181 e. The number of nitrogens with zero attached hydrogens (tertiary/aromatic N) is 2. The van der Waals surface area contributed by atoms with Gasteiger partial charge in [0.15, 0.2) is 11.6 Å². The molecule has 0 amide bonds. The molecule has 0 aliphatic carbocycles. The van der Waals surface area contributed by atoms with Gasteiger partial charge in [0.05, 0.1) is 0 Å². The Morgan fingerprint density at radius 1 is 1.05 bits per heavy atom. The van der Waals surface area contributed by atoms with Crippen LogP contribution in [0.5, 0.6) is 5.75 Å². The van der Waals surface area contributed by atoms with Crippen LogP contribution in [0.3, 0.4) is 0 Å². The van der Waals surface area contributed by atoms with Crippen LogP contribution in [0.2, 0.25) is 5.02 Å². The first-order chi connectivity index (χ1) is 10.2. The van der Waals surface area contributed by atoms with E-state index in [9.17, 15) is 0 Å². The van der Waals surface area contributed by atoms with E-state index in [0.717, 1.165) is 11.3 Å². The van der Waals surface area contributed by atoms with Crippen LogP contribution < -0.4 is 4.74 Å². The van der Waals surface area contributed by atoms with Crippen molar-refractivity contribution >= 4 is 24.0 Å². The van der Waals surface area contributed by atoms with E-state index in [2.05, 4.69) is 15.2 Å². The molecule has 0 aliphatic rings. The Labute approximate surface area is 139 Å². The van der Waals surface area contributed by atoms with Crippen molar-refractivity contribution in [3.63, 3.8) is 0 Å². The average molecular weight is 336 g/mol. The summed E-state index contributed by atoms with van der Waals surface area (Å²) in [6.45, 7) is 2.39. The van der Waals surface area contributed by atoms with E-state index in [1.165, 1.54) is 5.56 Å². The second-order valence-electron chi connectivity index (χ2n) is 4.71. The van der Waals surface area contributed by atoms with Crippen LogP contribution in [0.15, 0.2) is 48.5 Å². The van der Waals surface area contributed by atoms with Gasteiger partial charge in [-0.05, 0) is 43.3 Å². The number of aromatic amines is 1. The number of halogens is 2. The van der Waals surface area contributed by atoms with Gasteiger partial charge >= 0.3 is 0 Å². The SMILES string of the molecule is Cc1ccc(OCc2nc(-c3ccc(Cl)cc3)n[nH]2)cc1.Cl. The molecular weight excluding hydrogens is 321 g/mol. The van der Waals surface area contributed by atoms with Crippen molar-refractivity contribution in [1.82, 2.24) is 15.2 Å². The molecule has 4 nitrogen and oxygen atoms in total. The first-order valence-corrected chi connectivity index (χ1v) is 6.95. The number of H-pyrrole nitrogens is 1. The minimum absolute atomic E-state index is 0. The second-order valence-corrected chi connectivity index (χ2v) is 5.15. The molecule has 0 saturated heterocycles. The zero-order chi connectivity index (χ0) is 14.7. The van der Waals surface area contributed by atoms with Crippen LogP contribution in [0.1, 0.15) is 11.4 Å². The van der Waals surface area contributed by atoms with Crippen LogP contribution in [-0.2, 0) is 6.61 Å². The molecule has 114 valence electrons. The summed E-state index contributed by atoms with van der Waals surface area (Å²) < 4.78 is 5.66. The lowest BCUT2D eigenvalue weighted by Crippen LogP contribution is -1.97. The topological polar surface area (TPSA) is 50.8 Å². The molecule has 22 heavy (non-hydrogen) atoms. The fourth-order valence-corrected chi connectivity index (χ4v) is 2.00. The molecular formula is C16H15Cl2N3O. The average Bonchev–Trinajstić information content (AvgIpc) is 2.96. The van der Waals surface area contributed by atoms with Crippen LogP contribution in [0.4, 0.5) is 0 Å². The summed E-state index contributed by atoms with van der Waals surface area (Å²) in [5, 5.41) is 7.76. The highest BCUT2D eigenvalue weighted by Gasteiger charge is 2.06. The van der Waals surface area contributed by atoms with Gasteiger partial charge in [-0.2, -0.15) is 5.10 Å². The lowest BCUT2D eigenvalue weighted by atomic mass is 10.2. The minimum atomic E-state index is 0. The lowest BCUT2D eigenvalue weighted by Gasteiger charge is -2.03. The van der Waals surface area contributed by atoms with Crippen LogP contribution in [-0.4, -0.2) is 15.2 Å². The highest BCUT2D eigenvalue weighted by molar-refractivity contribution is 6.30. The highest BCUT2D eigenvalue weighted by Crippen LogP contribution is 2.18. The summed E-state index contributed by atoms with van der Waals surface area (Å²) in [5.41, 5.74) is 2.12. The molecule has 1 heterocycles. The lowest BCUT2D eigenvalue weighted by molar-refractivity contribution is 0.296. The third kappa shape index (κ3) is 4.00. The molecule has 0 spiro atoms. The zero-order valence-electron chi connectivity index (χ0n) is 11.9. The van der Waals surface area contributed by atoms with E-state index in [1.807, 2.05) is 55.5 Å². The molecule has 3 rings (SSSR count). The highest BCUT2D eigenvalue weighted by atomic mass is 35.5. The molecule has 0 aliphatic heterocycles. The third-order valence-electron chi connectivity index (χ3n) is 3.03. The van der Waals surface area contributed by atoms with Gasteiger partial charge in [0, 0.05) is 10.6 Å². The van der Waals surface area contributed by atoms with Gasteiger partial charge in [-0.25, -0.2) is 4.98 Å². The molecule has 0 saturated carbocycles. The summed E-state index contributed by atoms with van der Waals surface area (Å²) in [5.74, 6) is 2.12. The van der Waals surface area contributed by atoms with Crippen LogP contribution in [0.25, 0.3) is 11.4 Å². The van der Waals surface area contributed by atoms with Crippen LogP contribution in [0, 0.1) is 6.92 Å². The molecule has 0 fully saturated rings. The van der Waals surface area contributed by atoms with Gasteiger partial charge in [-0.3, -0.25) is 5.10 Å². The number of aryl methyl sites for hydroxylation is 1. The number of ether oxygens (including phenoxy) is 1. The van der Waals surface area contributed by atoms with Gasteiger partial charge in [-0.15, -0.1) is 12.4 Å². The quantitative estimate of drug-likeness (QED) is 0.767. The summed E-state index contributed by atoms with van der Waals surface area (Å²) in [6.07, 6.45) is 0. The van der Waals surface area contributed by atoms with E-state index in [0.29, 0.717) is 23.3 Å². The second kappa shape index (κ2) is 7.29. The Morgan fingerprint density at radius 2 is 1.73 bits per heavy atom. The Bertz CT molecular complexity index is 724. The Morgan fingerprint density at radius 3 is 2.41 bits per heavy atom. The first-order valence-electron chi connectivity index (χ1n) is 6.57. The van der Waals surface area contributed by atoms with Crippen molar-refractivity contribution in [2.45, 2.75) is 13.5 Å². The molecule has 0 unspecified atom stereocenters. The predicted molar refractivity (Wildman–Crippen MR) is 89.6 cm³/mol. The standard InChI is InChI=1S/C16H14ClN3O.ClH/c1-11-2-8-14(9-3-11)21-10-15-18-16(20-19-15)12-4-6-13(17)7-5-12;/h2-9H,10H2,1H3,(H,18,19,20);1H. The van der Waals surface area contributed by atoms with Gasteiger partial charge in [0.25, 0.3) is 0 Å². The van der Waals surface area contributed by atoms with E-state index < -0.39 is 0 Å². The number of hydrogen-bond acceptors (Lipinski definition) is 3. The van der Waals surface area contributed by atoms with Gasteiger partial charge in [0.2, 0.25) is 0 Å². The van der Waals surface area contributed by atoms with Crippen molar-refractivity contribution in [2.75, 3.05) is 0 Å². The first kappa shape index (κ1) is 16.3. The largest absolute Gasteiger partial charge is 0.486 e. The summed E-state index contributed by atoms with van der Waals surface area (Å²) in [6, 6.07) is 15.3. The molecule has 1 N–H and O–H groups in total. The molecule has 1 aromatic heterocycles. The molecule has 2 aromatic carbocycles. The maximum absolute atomic E-state index is 5.86. The van der Waals surface area contributed by atoms with E-state index in [1.54, 1.807) is 0 Å².